The Balaban J connectivity index is 1.77. The third-order valence-electron chi connectivity index (χ3n) is 3.46. The molecule has 9 heteroatoms. The monoisotopic (exact) mass is 382 g/mol. The lowest BCUT2D eigenvalue weighted by molar-refractivity contribution is -0.165. The number of carboxylic acids is 1. The van der Waals surface area contributed by atoms with Crippen molar-refractivity contribution in [3.05, 3.63) is 59.0 Å². The van der Waals surface area contributed by atoms with E-state index in [-0.39, 0.29) is 16.4 Å². The van der Waals surface area contributed by atoms with Crippen molar-refractivity contribution in [1.82, 2.24) is 0 Å². The van der Waals surface area contributed by atoms with Gasteiger partial charge in [0.2, 0.25) is 5.76 Å². The summed E-state index contributed by atoms with van der Waals surface area (Å²) in [7, 11) is 0. The molecule has 3 heterocycles. The van der Waals surface area contributed by atoms with E-state index in [2.05, 4.69) is 0 Å². The van der Waals surface area contributed by atoms with Crippen LogP contribution in [0.4, 0.5) is 0 Å². The number of aliphatic hydroxyl groups is 1. The van der Waals surface area contributed by atoms with Crippen molar-refractivity contribution in [1.29, 1.82) is 0 Å². The summed E-state index contributed by atoms with van der Waals surface area (Å²) in [5.41, 5.74) is -1.92. The van der Waals surface area contributed by atoms with Crippen LogP contribution in [0.25, 0.3) is 0 Å². The Hall–Kier alpha value is -2.26. The van der Waals surface area contributed by atoms with Crippen LogP contribution in [0.3, 0.4) is 0 Å². The normalized spacial score (nSPS) is 20.1. The Morgan fingerprint density at radius 2 is 1.76 bits per heavy atom. The Morgan fingerprint density at radius 3 is 2.32 bits per heavy atom. The van der Waals surface area contributed by atoms with Gasteiger partial charge in [-0.15, -0.1) is 23.5 Å². The predicted octanol–water partition coefficient (Wildman–Crippen LogP) is 3.19. The average Bonchev–Trinajstić information content (AvgIpc) is 3.30. The van der Waals surface area contributed by atoms with Crippen LogP contribution in [0.2, 0.25) is 0 Å². The van der Waals surface area contributed by atoms with Crippen molar-refractivity contribution < 1.29 is 33.4 Å². The van der Waals surface area contributed by atoms with E-state index in [1.165, 1.54) is 24.3 Å². The quantitative estimate of drug-likeness (QED) is 0.665. The van der Waals surface area contributed by atoms with E-state index in [1.54, 1.807) is 24.3 Å². The number of ether oxygens (including phenoxy) is 1. The van der Waals surface area contributed by atoms with Crippen molar-refractivity contribution >= 4 is 35.5 Å². The predicted molar refractivity (Wildman–Crippen MR) is 91.0 cm³/mol. The lowest BCUT2D eigenvalue weighted by Gasteiger charge is -2.25. The maximum Gasteiger partial charge on any atom is 0.375 e. The van der Waals surface area contributed by atoms with Gasteiger partial charge in [-0.2, -0.15) is 0 Å². The van der Waals surface area contributed by atoms with E-state index in [9.17, 15) is 19.8 Å². The van der Waals surface area contributed by atoms with Gasteiger partial charge in [-0.25, -0.2) is 9.59 Å². The Morgan fingerprint density at radius 1 is 1.12 bits per heavy atom. The number of hydrogen-bond donors (Lipinski definition) is 2. The first kappa shape index (κ1) is 17.6. The second-order valence-corrected chi connectivity index (χ2v) is 7.11. The van der Waals surface area contributed by atoms with Crippen molar-refractivity contribution in [2.45, 2.75) is 17.1 Å². The largest absolute Gasteiger partial charge is 0.501 e. The fourth-order valence-corrected chi connectivity index (χ4v) is 4.53. The first-order valence-electron chi connectivity index (χ1n) is 7.18. The summed E-state index contributed by atoms with van der Waals surface area (Å²) in [6, 6.07) is 6.91. The molecule has 0 spiro atoms. The van der Waals surface area contributed by atoms with Gasteiger partial charge in [-0.1, -0.05) is 0 Å². The smallest absolute Gasteiger partial charge is 0.375 e. The molecule has 0 aliphatic carbocycles. The first-order valence-corrected chi connectivity index (χ1v) is 9.33. The number of carbonyl (C=O) groups is 2. The molecule has 1 aliphatic rings. The second kappa shape index (κ2) is 7.32. The fourth-order valence-electron chi connectivity index (χ4n) is 2.25. The molecule has 2 aromatic rings. The molecule has 0 aromatic carbocycles. The van der Waals surface area contributed by atoms with Gasteiger partial charge in [0.15, 0.2) is 0 Å². The van der Waals surface area contributed by atoms with E-state index in [4.69, 9.17) is 13.6 Å². The molecule has 1 aliphatic heterocycles. The van der Waals surface area contributed by atoms with Crippen molar-refractivity contribution in [3.8, 4) is 0 Å². The van der Waals surface area contributed by atoms with Crippen LogP contribution in [-0.4, -0.2) is 33.5 Å². The number of aliphatic hydroxyl groups excluding tert-OH is 1. The molecule has 2 aromatic heterocycles. The minimum absolute atomic E-state index is 0.0201. The lowest BCUT2D eigenvalue weighted by Crippen LogP contribution is -2.43. The summed E-state index contributed by atoms with van der Waals surface area (Å²) in [6.07, 6.45) is 3.01. The number of esters is 1. The molecular weight excluding hydrogens is 368 g/mol. The molecule has 2 N–H and O–H groups in total. The van der Waals surface area contributed by atoms with Crippen LogP contribution < -0.4 is 0 Å². The van der Waals surface area contributed by atoms with E-state index in [0.717, 1.165) is 11.8 Å². The molecule has 0 radical (unpaired) electrons. The lowest BCUT2D eigenvalue weighted by atomic mass is 10.1. The number of thioether (sulfide) groups is 2. The Kier molecular flexibility index (Phi) is 5.14. The number of cyclic esters (lactones) is 1. The number of rotatable bonds is 8. The van der Waals surface area contributed by atoms with E-state index in [0.29, 0.717) is 17.3 Å². The minimum Gasteiger partial charge on any atom is -0.501 e. The van der Waals surface area contributed by atoms with Gasteiger partial charge in [-0.3, -0.25) is 0 Å². The number of carboxylic acid groups (broad SMARTS) is 1. The SMILES string of the molecule is O=C1OC(CSCc2ccco2)(C(=O)O)C(SCc2ccco2)=C1O. The molecule has 25 heavy (non-hydrogen) atoms. The van der Waals surface area contributed by atoms with E-state index >= 15 is 0 Å². The number of aliphatic carboxylic acids is 1. The molecule has 7 nitrogen and oxygen atoms in total. The van der Waals surface area contributed by atoms with Crippen LogP contribution in [0.15, 0.2) is 56.3 Å². The molecular formula is C16H14O7S2. The van der Waals surface area contributed by atoms with Crippen molar-refractivity contribution in [2.24, 2.45) is 0 Å². The van der Waals surface area contributed by atoms with Gasteiger partial charge in [0, 0.05) is 0 Å². The highest BCUT2D eigenvalue weighted by Crippen LogP contribution is 2.43. The van der Waals surface area contributed by atoms with E-state index in [1.807, 2.05) is 0 Å². The number of hydrogen-bond acceptors (Lipinski definition) is 8. The fraction of sp³-hybridized carbons (Fsp3) is 0.250. The Bertz CT molecular complexity index is 780. The molecule has 3 rings (SSSR count). The molecule has 1 atom stereocenters. The summed E-state index contributed by atoms with van der Waals surface area (Å²) in [6.45, 7) is 0. The topological polar surface area (TPSA) is 110 Å². The zero-order valence-corrected chi connectivity index (χ0v) is 14.5. The van der Waals surface area contributed by atoms with Gasteiger partial charge in [0.25, 0.3) is 5.60 Å². The summed E-state index contributed by atoms with van der Waals surface area (Å²) in [5.74, 6) is -1.16. The number of carbonyl (C=O) groups excluding carboxylic acids is 1. The van der Waals surface area contributed by atoms with Crippen LogP contribution in [0, 0.1) is 0 Å². The van der Waals surface area contributed by atoms with Crippen molar-refractivity contribution in [3.63, 3.8) is 0 Å². The third kappa shape index (κ3) is 3.57. The second-order valence-electron chi connectivity index (χ2n) is 5.14. The molecule has 1 unspecified atom stereocenters. The highest BCUT2D eigenvalue weighted by molar-refractivity contribution is 8.02. The standard InChI is InChI=1S/C16H14O7S2/c17-12-13(25-8-11-4-2-6-22-11)16(15(19)20,23-14(12)18)9-24-7-10-3-1-5-21-10/h1-6,17H,7-9H2,(H,19,20). The molecule has 0 bridgehead atoms. The highest BCUT2D eigenvalue weighted by Gasteiger charge is 2.54. The highest BCUT2D eigenvalue weighted by atomic mass is 32.2. The van der Waals surface area contributed by atoms with Gasteiger partial charge >= 0.3 is 11.9 Å². The van der Waals surface area contributed by atoms with Crippen molar-refractivity contribution in [2.75, 3.05) is 5.75 Å². The maximum absolute atomic E-state index is 11.9. The molecule has 0 saturated carbocycles. The zero-order valence-electron chi connectivity index (χ0n) is 12.8. The molecule has 132 valence electrons. The Labute approximate surface area is 151 Å². The van der Waals surface area contributed by atoms with Gasteiger partial charge in [0.05, 0.1) is 34.7 Å². The minimum atomic E-state index is -1.92. The van der Waals surface area contributed by atoms with Gasteiger partial charge < -0.3 is 23.8 Å². The van der Waals surface area contributed by atoms with Crippen LogP contribution >= 0.6 is 23.5 Å². The van der Waals surface area contributed by atoms with E-state index < -0.39 is 23.3 Å². The van der Waals surface area contributed by atoms with Gasteiger partial charge in [0.1, 0.15) is 11.5 Å². The maximum atomic E-state index is 11.9. The van der Waals surface area contributed by atoms with Crippen LogP contribution in [-0.2, 0) is 25.8 Å². The molecule has 0 fully saturated rings. The summed E-state index contributed by atoms with van der Waals surface area (Å²) in [4.78, 5) is 23.7. The molecule has 0 saturated heterocycles. The summed E-state index contributed by atoms with van der Waals surface area (Å²) < 4.78 is 15.5. The number of furan rings is 2. The summed E-state index contributed by atoms with van der Waals surface area (Å²) in [5, 5.41) is 19.7. The van der Waals surface area contributed by atoms with Crippen LogP contribution in [0.1, 0.15) is 11.5 Å². The zero-order chi connectivity index (χ0) is 17.9. The molecule has 0 amide bonds. The average molecular weight is 382 g/mol. The van der Waals surface area contributed by atoms with Gasteiger partial charge in [-0.05, 0) is 24.3 Å². The first-order chi connectivity index (χ1) is 12.0. The van der Waals surface area contributed by atoms with Crippen LogP contribution in [0.5, 0.6) is 0 Å². The third-order valence-corrected chi connectivity index (χ3v) is 5.80. The summed E-state index contributed by atoms with van der Waals surface area (Å²) >= 11 is 2.24.